The lowest BCUT2D eigenvalue weighted by atomic mass is 10.1. The van der Waals surface area contributed by atoms with Gasteiger partial charge in [-0.1, -0.05) is 13.3 Å². The third kappa shape index (κ3) is 4.44. The van der Waals surface area contributed by atoms with Crippen LogP contribution in [-0.4, -0.2) is 22.7 Å². The molecule has 1 aromatic rings. The average Bonchev–Trinajstić information content (AvgIpc) is 2.36. The lowest BCUT2D eigenvalue weighted by Gasteiger charge is -2.14. The standard InChI is InChI=1S/C12H16F2N2O3/c1-2-3-9(17)7-15-11-5-4-8(16(18)19)6-10(11)12(13)14/h4-6,9,12,15,17H,2-3,7H2,1H3. The van der Waals surface area contributed by atoms with Gasteiger partial charge in [-0.3, -0.25) is 10.1 Å². The number of nitro benzene ring substituents is 1. The number of halogens is 2. The number of nitrogens with one attached hydrogen (secondary N) is 1. The molecule has 1 atom stereocenters. The van der Waals surface area contributed by atoms with Gasteiger partial charge >= 0.3 is 0 Å². The number of benzene rings is 1. The van der Waals surface area contributed by atoms with Gasteiger partial charge < -0.3 is 10.4 Å². The highest BCUT2D eigenvalue weighted by Gasteiger charge is 2.18. The topological polar surface area (TPSA) is 75.4 Å². The Kier molecular flexibility index (Phi) is 5.62. The molecular weight excluding hydrogens is 258 g/mol. The Labute approximate surface area is 109 Å². The molecule has 0 aliphatic heterocycles. The summed E-state index contributed by atoms with van der Waals surface area (Å²) in [5.74, 6) is 0. The van der Waals surface area contributed by atoms with Crippen molar-refractivity contribution in [3.63, 3.8) is 0 Å². The van der Waals surface area contributed by atoms with Crippen molar-refractivity contribution in [2.45, 2.75) is 32.3 Å². The van der Waals surface area contributed by atoms with Crippen molar-refractivity contribution in [2.24, 2.45) is 0 Å². The first-order valence-corrected chi connectivity index (χ1v) is 5.94. The van der Waals surface area contributed by atoms with E-state index >= 15 is 0 Å². The van der Waals surface area contributed by atoms with Crippen LogP contribution < -0.4 is 5.32 Å². The third-order valence-corrected chi connectivity index (χ3v) is 2.63. The van der Waals surface area contributed by atoms with Crippen LogP contribution in [0.1, 0.15) is 31.8 Å². The number of hydrogen-bond acceptors (Lipinski definition) is 4. The normalized spacial score (nSPS) is 12.5. The molecule has 0 saturated carbocycles. The van der Waals surface area contributed by atoms with Gasteiger partial charge in [0.05, 0.1) is 11.0 Å². The van der Waals surface area contributed by atoms with Crippen molar-refractivity contribution in [3.05, 3.63) is 33.9 Å². The van der Waals surface area contributed by atoms with Crippen molar-refractivity contribution >= 4 is 11.4 Å². The Morgan fingerprint density at radius 2 is 2.16 bits per heavy atom. The zero-order valence-electron chi connectivity index (χ0n) is 10.5. The number of aliphatic hydroxyl groups is 1. The quantitative estimate of drug-likeness (QED) is 0.591. The zero-order chi connectivity index (χ0) is 14.4. The number of anilines is 1. The number of nitrogens with zero attached hydrogens (tertiary/aromatic N) is 1. The molecule has 0 heterocycles. The van der Waals surface area contributed by atoms with Crippen LogP contribution in [0.25, 0.3) is 0 Å². The van der Waals surface area contributed by atoms with Gasteiger partial charge in [-0.15, -0.1) is 0 Å². The fourth-order valence-electron chi connectivity index (χ4n) is 1.67. The van der Waals surface area contributed by atoms with Crippen LogP contribution >= 0.6 is 0 Å². The van der Waals surface area contributed by atoms with Crippen LogP contribution in [0.3, 0.4) is 0 Å². The highest BCUT2D eigenvalue weighted by Crippen LogP contribution is 2.30. The largest absolute Gasteiger partial charge is 0.391 e. The fraction of sp³-hybridized carbons (Fsp3) is 0.500. The molecule has 1 rings (SSSR count). The molecule has 0 radical (unpaired) electrons. The van der Waals surface area contributed by atoms with Crippen LogP contribution in [-0.2, 0) is 0 Å². The van der Waals surface area contributed by atoms with Gasteiger partial charge in [0.2, 0.25) is 0 Å². The van der Waals surface area contributed by atoms with Crippen LogP contribution in [0.5, 0.6) is 0 Å². The number of hydrogen-bond donors (Lipinski definition) is 2. The summed E-state index contributed by atoms with van der Waals surface area (Å²) in [6.45, 7) is 2.03. The molecule has 106 valence electrons. The monoisotopic (exact) mass is 274 g/mol. The molecule has 1 unspecified atom stereocenters. The van der Waals surface area contributed by atoms with E-state index in [9.17, 15) is 24.0 Å². The summed E-state index contributed by atoms with van der Waals surface area (Å²) in [6, 6.07) is 3.23. The van der Waals surface area contributed by atoms with Gasteiger partial charge in [-0.05, 0) is 12.5 Å². The lowest BCUT2D eigenvalue weighted by molar-refractivity contribution is -0.385. The maximum atomic E-state index is 12.8. The molecule has 0 fully saturated rings. The van der Waals surface area contributed by atoms with E-state index in [2.05, 4.69) is 5.32 Å². The van der Waals surface area contributed by atoms with E-state index in [0.717, 1.165) is 18.6 Å². The molecule has 0 spiro atoms. The van der Waals surface area contributed by atoms with Crippen molar-refractivity contribution in [1.82, 2.24) is 0 Å². The Hall–Kier alpha value is -1.76. The van der Waals surface area contributed by atoms with E-state index < -0.39 is 23.0 Å². The van der Waals surface area contributed by atoms with Crippen LogP contribution in [0.15, 0.2) is 18.2 Å². The molecule has 0 bridgehead atoms. The molecular formula is C12H16F2N2O3. The second kappa shape index (κ2) is 6.98. The fourth-order valence-corrected chi connectivity index (χ4v) is 1.67. The summed E-state index contributed by atoms with van der Waals surface area (Å²) >= 11 is 0. The third-order valence-electron chi connectivity index (χ3n) is 2.63. The van der Waals surface area contributed by atoms with Crippen LogP contribution in [0.2, 0.25) is 0 Å². The molecule has 1 aromatic carbocycles. The Morgan fingerprint density at radius 3 is 2.68 bits per heavy atom. The van der Waals surface area contributed by atoms with Gasteiger partial charge in [0.15, 0.2) is 0 Å². The van der Waals surface area contributed by atoms with Crippen molar-refractivity contribution in [1.29, 1.82) is 0 Å². The predicted molar refractivity (Wildman–Crippen MR) is 67.5 cm³/mol. The first-order chi connectivity index (χ1) is 8.95. The maximum absolute atomic E-state index is 12.8. The number of aliphatic hydroxyl groups excluding tert-OH is 1. The lowest BCUT2D eigenvalue weighted by Crippen LogP contribution is -2.19. The highest BCUT2D eigenvalue weighted by atomic mass is 19.3. The molecule has 0 aliphatic rings. The minimum absolute atomic E-state index is 0.107. The molecule has 19 heavy (non-hydrogen) atoms. The van der Waals surface area contributed by atoms with Gasteiger partial charge in [-0.25, -0.2) is 8.78 Å². The Morgan fingerprint density at radius 1 is 1.47 bits per heavy atom. The Bertz CT molecular complexity index is 441. The van der Waals surface area contributed by atoms with Gasteiger partial charge in [0.1, 0.15) is 0 Å². The molecule has 0 aromatic heterocycles. The minimum atomic E-state index is -2.81. The molecule has 7 heteroatoms. The first-order valence-electron chi connectivity index (χ1n) is 5.94. The second-order valence-electron chi connectivity index (χ2n) is 4.15. The summed E-state index contributed by atoms with van der Waals surface area (Å²) in [5, 5.41) is 22.8. The highest BCUT2D eigenvalue weighted by molar-refractivity contribution is 5.56. The van der Waals surface area contributed by atoms with Gasteiger partial charge in [-0.2, -0.15) is 0 Å². The molecule has 0 aliphatic carbocycles. The smallest absolute Gasteiger partial charge is 0.270 e. The van der Waals surface area contributed by atoms with E-state index in [1.165, 1.54) is 6.07 Å². The van der Waals surface area contributed by atoms with E-state index in [0.29, 0.717) is 6.42 Å². The number of nitro groups is 1. The molecule has 0 saturated heterocycles. The van der Waals surface area contributed by atoms with Crippen LogP contribution in [0.4, 0.5) is 20.2 Å². The molecule has 2 N–H and O–H groups in total. The van der Waals surface area contributed by atoms with Gasteiger partial charge in [0.25, 0.3) is 12.1 Å². The molecule has 0 amide bonds. The second-order valence-corrected chi connectivity index (χ2v) is 4.15. The van der Waals surface area contributed by atoms with Crippen molar-refractivity contribution in [3.8, 4) is 0 Å². The summed E-state index contributed by atoms with van der Waals surface area (Å²) in [4.78, 5) is 9.82. The summed E-state index contributed by atoms with van der Waals surface area (Å²) in [6.07, 6.45) is -2.11. The molecule has 5 nitrogen and oxygen atoms in total. The first kappa shape index (κ1) is 15.3. The summed E-state index contributed by atoms with van der Waals surface area (Å²) in [7, 11) is 0. The van der Waals surface area contributed by atoms with Gasteiger partial charge in [0, 0.05) is 29.9 Å². The van der Waals surface area contributed by atoms with E-state index in [-0.39, 0.29) is 17.9 Å². The maximum Gasteiger partial charge on any atom is 0.270 e. The zero-order valence-corrected chi connectivity index (χ0v) is 10.5. The SMILES string of the molecule is CCCC(O)CNc1ccc([N+](=O)[O-])cc1C(F)F. The average molecular weight is 274 g/mol. The predicted octanol–water partition coefficient (Wildman–Crippen LogP) is 3.11. The number of rotatable bonds is 7. The van der Waals surface area contributed by atoms with E-state index in [1.54, 1.807) is 0 Å². The summed E-state index contributed by atoms with van der Waals surface area (Å²) in [5.41, 5.74) is -0.705. The van der Waals surface area contributed by atoms with Crippen LogP contribution in [0, 0.1) is 10.1 Å². The number of alkyl halides is 2. The minimum Gasteiger partial charge on any atom is -0.391 e. The van der Waals surface area contributed by atoms with Crippen molar-refractivity contribution in [2.75, 3.05) is 11.9 Å². The van der Waals surface area contributed by atoms with Crippen molar-refractivity contribution < 1.29 is 18.8 Å². The van der Waals surface area contributed by atoms with E-state index in [1.807, 2.05) is 6.92 Å². The number of non-ortho nitro benzene ring substituents is 1. The van der Waals surface area contributed by atoms with E-state index in [4.69, 9.17) is 0 Å². The Balaban J connectivity index is 2.85. The summed E-state index contributed by atoms with van der Waals surface area (Å²) < 4.78 is 25.6.